The monoisotopic (exact) mass is 379 g/mol. The first-order chi connectivity index (χ1) is 10.3. The Balaban J connectivity index is 0.00000176. The molecule has 5 nitrogen and oxygen atoms in total. The molecule has 0 saturated carbocycles. The summed E-state index contributed by atoms with van der Waals surface area (Å²) in [4.78, 5) is 23.7. The zero-order valence-corrected chi connectivity index (χ0v) is 13.1. The summed E-state index contributed by atoms with van der Waals surface area (Å²) in [5, 5.41) is 9.29. The van der Waals surface area contributed by atoms with Crippen LogP contribution in [0.1, 0.15) is 10.5 Å². The van der Waals surface area contributed by atoms with Crippen LogP contribution >= 0.6 is 0 Å². The zero-order valence-electron chi connectivity index (χ0n) is 11.3. The molecule has 0 radical (unpaired) electrons. The van der Waals surface area contributed by atoms with Crippen molar-refractivity contribution in [2.45, 2.75) is 0 Å². The van der Waals surface area contributed by atoms with E-state index in [9.17, 15) is 9.90 Å². The van der Waals surface area contributed by atoms with Crippen molar-refractivity contribution < 1.29 is 29.4 Å². The number of aromatic carboxylic acids is 1. The molecule has 3 heterocycles. The molecular formula is C16H11N3O2Ru. The van der Waals surface area contributed by atoms with E-state index in [0.29, 0.717) is 11.3 Å². The van der Waals surface area contributed by atoms with Gasteiger partial charge in [0, 0.05) is 61.0 Å². The quantitative estimate of drug-likeness (QED) is 0.710. The number of pyridine rings is 3. The SMILES string of the molecule is O=C(O)c1ncccc1-c1ncccc1-c1cccnc1.[Ru]. The van der Waals surface area contributed by atoms with Gasteiger partial charge in [-0.15, -0.1) is 0 Å². The predicted molar refractivity (Wildman–Crippen MR) is 77.7 cm³/mol. The first-order valence-electron chi connectivity index (χ1n) is 6.31. The van der Waals surface area contributed by atoms with E-state index < -0.39 is 5.97 Å². The van der Waals surface area contributed by atoms with Crippen LogP contribution in [0.15, 0.2) is 61.2 Å². The molecule has 0 aliphatic carbocycles. The Bertz CT molecular complexity index is 794. The van der Waals surface area contributed by atoms with Gasteiger partial charge in [-0.05, 0) is 24.3 Å². The van der Waals surface area contributed by atoms with Gasteiger partial charge >= 0.3 is 5.97 Å². The molecule has 22 heavy (non-hydrogen) atoms. The van der Waals surface area contributed by atoms with Crippen LogP contribution in [0.3, 0.4) is 0 Å². The molecule has 0 amide bonds. The Hall–Kier alpha value is -2.46. The Kier molecular flexibility index (Phi) is 5.07. The molecule has 0 spiro atoms. The third kappa shape index (κ3) is 3.07. The van der Waals surface area contributed by atoms with Gasteiger partial charge < -0.3 is 5.11 Å². The van der Waals surface area contributed by atoms with Crippen LogP contribution in [0.2, 0.25) is 0 Å². The summed E-state index contributed by atoms with van der Waals surface area (Å²) in [6.45, 7) is 0. The van der Waals surface area contributed by atoms with E-state index >= 15 is 0 Å². The van der Waals surface area contributed by atoms with Crippen LogP contribution < -0.4 is 0 Å². The molecule has 0 unspecified atom stereocenters. The fourth-order valence-corrected chi connectivity index (χ4v) is 2.14. The molecule has 0 aliphatic heterocycles. The maximum atomic E-state index is 11.3. The molecule has 3 aromatic rings. The van der Waals surface area contributed by atoms with Crippen molar-refractivity contribution in [3.05, 3.63) is 66.9 Å². The van der Waals surface area contributed by atoms with Gasteiger partial charge in [0.05, 0.1) is 5.69 Å². The molecule has 3 rings (SSSR count). The molecule has 0 atom stereocenters. The molecule has 1 N–H and O–H groups in total. The first-order valence-corrected chi connectivity index (χ1v) is 6.31. The van der Waals surface area contributed by atoms with Crippen LogP contribution in [0, 0.1) is 0 Å². The van der Waals surface area contributed by atoms with Crippen LogP contribution in [-0.2, 0) is 19.5 Å². The predicted octanol–water partition coefficient (Wildman–Crippen LogP) is 2.90. The summed E-state index contributed by atoms with van der Waals surface area (Å²) < 4.78 is 0. The molecular weight excluding hydrogens is 367 g/mol. The van der Waals surface area contributed by atoms with Gasteiger partial charge in [0.2, 0.25) is 0 Å². The van der Waals surface area contributed by atoms with Crippen molar-refractivity contribution in [2.75, 3.05) is 0 Å². The smallest absolute Gasteiger partial charge is 0.355 e. The summed E-state index contributed by atoms with van der Waals surface area (Å²) in [5.41, 5.74) is 2.75. The van der Waals surface area contributed by atoms with Gasteiger partial charge in [0.15, 0.2) is 5.69 Å². The average molecular weight is 378 g/mol. The Labute approximate surface area is 139 Å². The minimum atomic E-state index is -1.08. The molecule has 110 valence electrons. The number of hydrogen-bond acceptors (Lipinski definition) is 4. The maximum absolute atomic E-state index is 11.3. The number of aromatic nitrogens is 3. The van der Waals surface area contributed by atoms with Crippen molar-refractivity contribution in [2.24, 2.45) is 0 Å². The van der Waals surface area contributed by atoms with Gasteiger partial charge in [0.25, 0.3) is 0 Å². The van der Waals surface area contributed by atoms with E-state index in [1.807, 2.05) is 24.3 Å². The largest absolute Gasteiger partial charge is 0.476 e. The molecule has 3 aromatic heterocycles. The number of carboxylic acids is 1. The van der Waals surface area contributed by atoms with Crippen molar-refractivity contribution in [1.82, 2.24) is 15.0 Å². The second-order valence-electron chi connectivity index (χ2n) is 4.35. The van der Waals surface area contributed by atoms with Crippen LogP contribution in [0.25, 0.3) is 22.4 Å². The van der Waals surface area contributed by atoms with Crippen LogP contribution in [0.4, 0.5) is 0 Å². The standard InChI is InChI=1S/C16H11N3O2.Ru/c20-16(21)15-13(6-3-9-19-15)14-12(5-2-8-18-14)11-4-1-7-17-10-11;/h1-10H,(H,20,21);. The average Bonchev–Trinajstić information content (AvgIpc) is 2.55. The molecule has 0 fully saturated rings. The first kappa shape index (κ1) is 15.9. The number of carbonyl (C=O) groups is 1. The van der Waals surface area contributed by atoms with Crippen LogP contribution in [0.5, 0.6) is 0 Å². The molecule has 0 saturated heterocycles. The van der Waals surface area contributed by atoms with E-state index in [1.165, 1.54) is 6.20 Å². The minimum Gasteiger partial charge on any atom is -0.476 e. The van der Waals surface area contributed by atoms with Gasteiger partial charge in [-0.2, -0.15) is 0 Å². The minimum absolute atomic E-state index is 0. The van der Waals surface area contributed by atoms with E-state index in [1.54, 1.807) is 30.7 Å². The zero-order chi connectivity index (χ0) is 14.7. The summed E-state index contributed by atoms with van der Waals surface area (Å²) in [6, 6.07) is 10.8. The second kappa shape index (κ2) is 7.00. The number of hydrogen-bond donors (Lipinski definition) is 1. The van der Waals surface area contributed by atoms with Gasteiger partial charge in [0.1, 0.15) is 0 Å². The Morgan fingerprint density at radius 3 is 2.27 bits per heavy atom. The molecule has 6 heteroatoms. The molecule has 0 aromatic carbocycles. The summed E-state index contributed by atoms with van der Waals surface area (Å²) >= 11 is 0. The van der Waals surface area contributed by atoms with Crippen molar-refractivity contribution in [3.8, 4) is 22.4 Å². The summed E-state index contributed by atoms with van der Waals surface area (Å²) in [5.74, 6) is -1.08. The Morgan fingerprint density at radius 1 is 0.909 bits per heavy atom. The van der Waals surface area contributed by atoms with Gasteiger partial charge in [-0.25, -0.2) is 9.78 Å². The number of rotatable bonds is 3. The van der Waals surface area contributed by atoms with E-state index in [-0.39, 0.29) is 25.2 Å². The third-order valence-electron chi connectivity index (χ3n) is 3.05. The van der Waals surface area contributed by atoms with Crippen molar-refractivity contribution >= 4 is 5.97 Å². The Morgan fingerprint density at radius 2 is 1.59 bits per heavy atom. The second-order valence-corrected chi connectivity index (χ2v) is 4.35. The molecule has 0 aliphatic rings. The van der Waals surface area contributed by atoms with E-state index in [4.69, 9.17) is 0 Å². The van der Waals surface area contributed by atoms with Gasteiger partial charge in [-0.1, -0.05) is 12.1 Å². The third-order valence-corrected chi connectivity index (χ3v) is 3.05. The van der Waals surface area contributed by atoms with Gasteiger partial charge in [-0.3, -0.25) is 9.97 Å². The fourth-order valence-electron chi connectivity index (χ4n) is 2.14. The van der Waals surface area contributed by atoms with Crippen LogP contribution in [-0.4, -0.2) is 26.0 Å². The molecule has 0 bridgehead atoms. The normalized spacial score (nSPS) is 9.82. The summed E-state index contributed by atoms with van der Waals surface area (Å²) in [7, 11) is 0. The number of nitrogens with zero attached hydrogens (tertiary/aromatic N) is 3. The maximum Gasteiger partial charge on any atom is 0.355 e. The fraction of sp³-hybridized carbons (Fsp3) is 0. The van der Waals surface area contributed by atoms with Crippen molar-refractivity contribution in [1.29, 1.82) is 0 Å². The van der Waals surface area contributed by atoms with Crippen molar-refractivity contribution in [3.63, 3.8) is 0 Å². The van der Waals surface area contributed by atoms with E-state index in [0.717, 1.165) is 11.1 Å². The summed E-state index contributed by atoms with van der Waals surface area (Å²) in [6.07, 6.45) is 6.50. The topological polar surface area (TPSA) is 76.0 Å². The van der Waals surface area contributed by atoms with E-state index in [2.05, 4.69) is 15.0 Å². The number of carboxylic acid groups (broad SMARTS) is 1.